The molecule has 1 aliphatic heterocycles. The summed E-state index contributed by atoms with van der Waals surface area (Å²) in [6.07, 6.45) is 5.89. The highest BCUT2D eigenvalue weighted by molar-refractivity contribution is 5.99. The minimum absolute atomic E-state index is 0.137. The molecule has 1 aromatic rings. The van der Waals surface area contributed by atoms with Gasteiger partial charge in [0.05, 0.1) is 25.5 Å². The molecule has 0 fully saturated rings. The molecule has 0 unspecified atom stereocenters. The predicted octanol–water partition coefficient (Wildman–Crippen LogP) is 2.69. The van der Waals surface area contributed by atoms with Crippen LogP contribution in [-0.4, -0.2) is 64.1 Å². The third-order valence-electron chi connectivity index (χ3n) is 4.67. The lowest BCUT2D eigenvalue weighted by molar-refractivity contribution is -0.143. The molecule has 1 aliphatic rings. The lowest BCUT2D eigenvalue weighted by atomic mass is 10.1. The summed E-state index contributed by atoms with van der Waals surface area (Å²) in [5, 5.41) is 2.80. The molecule has 0 spiro atoms. The normalized spacial score (nSPS) is 14.7. The number of H-pyrrole nitrogens is 1. The molecular formula is C23H34N2O7. The van der Waals surface area contributed by atoms with Crippen molar-refractivity contribution >= 4 is 18.0 Å². The number of aromatic amines is 1. The first-order valence-electron chi connectivity index (χ1n) is 10.9. The van der Waals surface area contributed by atoms with Crippen molar-refractivity contribution in [2.45, 2.75) is 39.0 Å². The van der Waals surface area contributed by atoms with Gasteiger partial charge in [-0.25, -0.2) is 0 Å². The second kappa shape index (κ2) is 14.3. The molecule has 1 aromatic heterocycles. The summed E-state index contributed by atoms with van der Waals surface area (Å²) in [6, 6.07) is 3.96. The van der Waals surface area contributed by atoms with Gasteiger partial charge in [-0.1, -0.05) is 6.42 Å². The van der Waals surface area contributed by atoms with Crippen molar-refractivity contribution in [3.8, 4) is 0 Å². The number of methoxy groups -OCH3 is 2. The molecule has 1 amide bonds. The molecule has 9 nitrogen and oxygen atoms in total. The largest absolute Gasteiger partial charge is 0.485 e. The van der Waals surface area contributed by atoms with E-state index >= 15 is 0 Å². The Morgan fingerprint density at radius 2 is 1.69 bits per heavy atom. The summed E-state index contributed by atoms with van der Waals surface area (Å²) in [7, 11) is 3.15. The van der Waals surface area contributed by atoms with Crippen molar-refractivity contribution in [3.63, 3.8) is 0 Å². The first-order valence-corrected chi connectivity index (χ1v) is 10.9. The van der Waals surface area contributed by atoms with Crippen molar-refractivity contribution in [2.24, 2.45) is 0 Å². The Labute approximate surface area is 189 Å². The van der Waals surface area contributed by atoms with Crippen LogP contribution in [-0.2, 0) is 39.7 Å². The van der Waals surface area contributed by atoms with Gasteiger partial charge in [-0.15, -0.1) is 0 Å². The van der Waals surface area contributed by atoms with E-state index in [-0.39, 0.29) is 30.8 Å². The zero-order valence-electron chi connectivity index (χ0n) is 19.2. The van der Waals surface area contributed by atoms with Gasteiger partial charge in [0, 0.05) is 32.0 Å². The van der Waals surface area contributed by atoms with Gasteiger partial charge in [0.25, 0.3) is 5.91 Å². The smallest absolute Gasteiger partial charge is 0.305 e. The number of rotatable bonds is 16. The Balaban J connectivity index is 1.96. The van der Waals surface area contributed by atoms with E-state index in [9.17, 15) is 9.59 Å². The quantitative estimate of drug-likeness (QED) is 0.294. The topological polar surface area (TPSA) is 108 Å². The number of nitrogens with one attached hydrogen (secondary N) is 2. The van der Waals surface area contributed by atoms with Crippen LogP contribution in [0.4, 0.5) is 0 Å². The van der Waals surface area contributed by atoms with E-state index in [1.807, 2.05) is 25.1 Å². The number of aryl methyl sites for hydroxylation is 1. The third-order valence-corrected chi connectivity index (χ3v) is 4.67. The predicted molar refractivity (Wildman–Crippen MR) is 118 cm³/mol. The van der Waals surface area contributed by atoms with Crippen molar-refractivity contribution in [2.75, 3.05) is 47.3 Å². The average Bonchev–Trinajstić information content (AvgIpc) is 3.33. The van der Waals surface area contributed by atoms with Crippen molar-refractivity contribution in [1.29, 1.82) is 0 Å². The molecule has 0 saturated carbocycles. The standard InChI is InChI=1S/C23H34N2O7/c1-4-30-20(26)9-7-5-6-8-17-10-11-18(24-17)16-19-21(31-14-12-28-2)22(23(27)25-19)32-15-13-29-3/h10-11,16,24H,4-9,12-15H2,1-3H3,(H,25,27). The van der Waals surface area contributed by atoms with Crippen LogP contribution in [0, 0.1) is 0 Å². The van der Waals surface area contributed by atoms with Crippen LogP contribution >= 0.6 is 0 Å². The minimum atomic E-state index is -0.354. The fraction of sp³-hybridized carbons (Fsp3) is 0.565. The average molecular weight is 451 g/mol. The Bertz CT molecular complexity index is 798. The van der Waals surface area contributed by atoms with Gasteiger partial charge in [-0.3, -0.25) is 9.59 Å². The summed E-state index contributed by atoms with van der Waals surface area (Å²) < 4.78 is 26.3. The molecule has 9 heteroatoms. The number of carbonyl (C=O) groups is 2. The Kier molecular flexibility index (Phi) is 11.4. The SMILES string of the molecule is CCOC(=O)CCCCCc1ccc(C=C2NC(=O)C(OCCOC)=C2OCCOC)[nH]1. The molecule has 2 N–H and O–H groups in total. The Morgan fingerprint density at radius 3 is 2.38 bits per heavy atom. The molecule has 2 rings (SSSR count). The third kappa shape index (κ3) is 8.39. The lowest BCUT2D eigenvalue weighted by Gasteiger charge is -2.10. The van der Waals surface area contributed by atoms with Crippen LogP contribution in [0.3, 0.4) is 0 Å². The fourth-order valence-corrected chi connectivity index (χ4v) is 3.13. The van der Waals surface area contributed by atoms with Crippen LogP contribution in [0.2, 0.25) is 0 Å². The maximum Gasteiger partial charge on any atom is 0.305 e. The molecule has 0 atom stereocenters. The van der Waals surface area contributed by atoms with E-state index in [1.165, 1.54) is 0 Å². The molecule has 178 valence electrons. The number of carbonyl (C=O) groups excluding carboxylic acids is 2. The molecule has 0 aromatic carbocycles. The van der Waals surface area contributed by atoms with Crippen LogP contribution in [0.1, 0.15) is 44.0 Å². The van der Waals surface area contributed by atoms with Gasteiger partial charge in [0.15, 0.2) is 5.76 Å². The summed E-state index contributed by atoms with van der Waals surface area (Å²) in [4.78, 5) is 27.1. The number of hydrogen-bond donors (Lipinski definition) is 2. The van der Waals surface area contributed by atoms with Crippen LogP contribution in [0.15, 0.2) is 29.3 Å². The monoisotopic (exact) mass is 450 g/mol. The van der Waals surface area contributed by atoms with Gasteiger partial charge in [0.2, 0.25) is 5.76 Å². The highest BCUT2D eigenvalue weighted by Crippen LogP contribution is 2.25. The molecule has 0 aliphatic carbocycles. The van der Waals surface area contributed by atoms with Crippen molar-refractivity contribution in [3.05, 3.63) is 40.7 Å². The molecule has 0 saturated heterocycles. The summed E-state index contributed by atoms with van der Waals surface area (Å²) in [6.45, 7) is 3.52. The lowest BCUT2D eigenvalue weighted by Crippen LogP contribution is -2.18. The number of amides is 1. The first kappa shape index (κ1) is 25.5. The van der Waals surface area contributed by atoms with Crippen LogP contribution < -0.4 is 5.32 Å². The fourth-order valence-electron chi connectivity index (χ4n) is 3.13. The summed E-state index contributed by atoms with van der Waals surface area (Å²) in [5.74, 6) is 0.00578. The number of ether oxygens (including phenoxy) is 5. The van der Waals surface area contributed by atoms with E-state index in [1.54, 1.807) is 14.2 Å². The maximum absolute atomic E-state index is 12.4. The van der Waals surface area contributed by atoms with Gasteiger partial charge in [-0.2, -0.15) is 0 Å². The molecule has 32 heavy (non-hydrogen) atoms. The van der Waals surface area contributed by atoms with Crippen molar-refractivity contribution in [1.82, 2.24) is 10.3 Å². The Morgan fingerprint density at radius 1 is 0.969 bits per heavy atom. The molecule has 2 heterocycles. The maximum atomic E-state index is 12.4. The highest BCUT2D eigenvalue weighted by Gasteiger charge is 2.31. The molecular weight excluding hydrogens is 416 g/mol. The van der Waals surface area contributed by atoms with Gasteiger partial charge < -0.3 is 34.0 Å². The second-order valence-electron chi connectivity index (χ2n) is 7.16. The van der Waals surface area contributed by atoms with Crippen molar-refractivity contribution < 1.29 is 33.3 Å². The van der Waals surface area contributed by atoms with Crippen LogP contribution in [0.25, 0.3) is 6.08 Å². The Hall–Kier alpha value is -2.78. The zero-order valence-corrected chi connectivity index (χ0v) is 19.2. The second-order valence-corrected chi connectivity index (χ2v) is 7.16. The summed E-state index contributed by atoms with van der Waals surface area (Å²) in [5.41, 5.74) is 2.45. The number of unbranched alkanes of at least 4 members (excludes halogenated alkanes) is 2. The first-order chi connectivity index (χ1) is 15.6. The van der Waals surface area contributed by atoms with E-state index < -0.39 is 0 Å². The van der Waals surface area contributed by atoms with E-state index in [2.05, 4.69) is 10.3 Å². The number of esters is 1. The highest BCUT2D eigenvalue weighted by atomic mass is 16.6. The van der Waals surface area contributed by atoms with Gasteiger partial charge in [0.1, 0.15) is 13.2 Å². The minimum Gasteiger partial charge on any atom is -0.485 e. The number of aromatic nitrogens is 1. The summed E-state index contributed by atoms with van der Waals surface area (Å²) >= 11 is 0. The molecule has 0 radical (unpaired) electrons. The van der Waals surface area contributed by atoms with Gasteiger partial charge >= 0.3 is 5.97 Å². The molecule has 0 bridgehead atoms. The van der Waals surface area contributed by atoms with E-state index in [0.29, 0.717) is 37.7 Å². The van der Waals surface area contributed by atoms with Crippen LogP contribution in [0.5, 0.6) is 0 Å². The van der Waals surface area contributed by atoms with Gasteiger partial charge in [-0.05, 0) is 44.4 Å². The van der Waals surface area contributed by atoms with E-state index in [4.69, 9.17) is 23.7 Å². The number of hydrogen-bond acceptors (Lipinski definition) is 7. The zero-order chi connectivity index (χ0) is 23.2. The van der Waals surface area contributed by atoms with E-state index in [0.717, 1.165) is 37.1 Å².